The molecule has 0 amide bonds. The van der Waals surface area contributed by atoms with Crippen molar-refractivity contribution in [3.8, 4) is 0 Å². The van der Waals surface area contributed by atoms with E-state index in [1.54, 1.807) is 0 Å². The molecule has 0 spiro atoms. The van der Waals surface area contributed by atoms with Crippen LogP contribution in [0.25, 0.3) is 0 Å². The van der Waals surface area contributed by atoms with Crippen LogP contribution in [0.3, 0.4) is 0 Å². The van der Waals surface area contributed by atoms with Gasteiger partial charge in [0.2, 0.25) is 5.34 Å². The van der Waals surface area contributed by atoms with Crippen molar-refractivity contribution in [2.24, 2.45) is 0 Å². The van der Waals surface area contributed by atoms with E-state index >= 15 is 0 Å². The van der Waals surface area contributed by atoms with Gasteiger partial charge in [-0.05, 0) is 24.3 Å². The maximum Gasteiger partial charge on any atom is 0.233 e. The van der Waals surface area contributed by atoms with Crippen LogP contribution in [0.15, 0.2) is 121 Å². The van der Waals surface area contributed by atoms with Crippen LogP contribution in [0.4, 0.5) is 0 Å². The molecule has 0 heterocycles. The normalized spacial score (nSPS) is 10.7. The number of rotatable bonds is 5. The van der Waals surface area contributed by atoms with Gasteiger partial charge < -0.3 is 12.5 Å². The molecule has 4 aromatic carbocycles. The molecule has 150 valence electrons. The Morgan fingerprint density at radius 2 is 0.759 bits per heavy atom. The summed E-state index contributed by atoms with van der Waals surface area (Å²) in [7, 11) is -1.59. The number of aliphatic hydroxyl groups is 1. The van der Waals surface area contributed by atoms with E-state index in [1.807, 2.05) is 72.8 Å². The molecule has 0 radical (unpaired) electrons. The SMILES string of the molecule is OC(c1ccccc1)(c1ccccc1)[PH+](c1ccccc1)c1ccccc1.[CH3-].[Ni]. The zero-order valence-corrected chi connectivity index (χ0v) is 18.3. The van der Waals surface area contributed by atoms with E-state index in [9.17, 15) is 5.11 Å². The first-order valence-corrected chi connectivity index (χ1v) is 10.6. The summed E-state index contributed by atoms with van der Waals surface area (Å²) in [4.78, 5) is 0. The van der Waals surface area contributed by atoms with Crippen molar-refractivity contribution < 1.29 is 21.6 Å². The Kier molecular flexibility index (Phi) is 8.36. The van der Waals surface area contributed by atoms with E-state index in [4.69, 9.17) is 0 Å². The first kappa shape index (κ1) is 23.0. The molecule has 0 unspecified atom stereocenters. The van der Waals surface area contributed by atoms with Gasteiger partial charge in [-0.3, -0.25) is 0 Å². The van der Waals surface area contributed by atoms with Crippen molar-refractivity contribution in [1.29, 1.82) is 0 Å². The van der Waals surface area contributed by atoms with E-state index in [0.29, 0.717) is 0 Å². The molecule has 0 atom stereocenters. The molecule has 1 nitrogen and oxygen atoms in total. The Morgan fingerprint density at radius 3 is 1.07 bits per heavy atom. The van der Waals surface area contributed by atoms with Crippen LogP contribution in [0.2, 0.25) is 0 Å². The van der Waals surface area contributed by atoms with E-state index in [-0.39, 0.29) is 23.9 Å². The molecule has 0 aliphatic heterocycles. The van der Waals surface area contributed by atoms with Gasteiger partial charge in [0.25, 0.3) is 0 Å². The van der Waals surface area contributed by atoms with Crippen LogP contribution >= 0.6 is 7.92 Å². The first-order valence-electron chi connectivity index (χ1n) is 9.12. The molecule has 0 aliphatic rings. The molecule has 0 saturated carbocycles. The predicted octanol–water partition coefficient (Wildman–Crippen LogP) is 5.19. The summed E-state index contributed by atoms with van der Waals surface area (Å²) in [6, 6.07) is 40.9. The Morgan fingerprint density at radius 1 is 0.483 bits per heavy atom. The fraction of sp³-hybridized carbons (Fsp3) is 0.0385. The Labute approximate surface area is 185 Å². The molecule has 4 aromatic rings. The second-order valence-corrected chi connectivity index (χ2v) is 9.18. The summed E-state index contributed by atoms with van der Waals surface area (Å²) in [6.45, 7) is 0. The van der Waals surface area contributed by atoms with E-state index in [2.05, 4.69) is 48.5 Å². The van der Waals surface area contributed by atoms with Gasteiger partial charge in [-0.25, -0.2) is 0 Å². The van der Waals surface area contributed by atoms with Crippen LogP contribution in [0.5, 0.6) is 0 Å². The third-order valence-corrected chi connectivity index (χ3v) is 7.99. The predicted molar refractivity (Wildman–Crippen MR) is 123 cm³/mol. The van der Waals surface area contributed by atoms with E-state index < -0.39 is 13.3 Å². The van der Waals surface area contributed by atoms with Crippen LogP contribution in [0.1, 0.15) is 11.1 Å². The molecule has 0 fully saturated rings. The minimum atomic E-state index is -1.59. The van der Waals surface area contributed by atoms with Gasteiger partial charge in [0.05, 0.1) is 0 Å². The van der Waals surface area contributed by atoms with Crippen LogP contribution in [0, 0.1) is 7.43 Å². The molecule has 3 heteroatoms. The van der Waals surface area contributed by atoms with Gasteiger partial charge in [-0.2, -0.15) is 0 Å². The number of hydrogen-bond donors (Lipinski definition) is 1. The quantitative estimate of drug-likeness (QED) is 0.256. The minimum absolute atomic E-state index is 0. The Bertz CT molecular complexity index is 897. The van der Waals surface area contributed by atoms with Gasteiger partial charge in [-0.1, -0.05) is 97.1 Å². The second kappa shape index (κ2) is 10.5. The molecule has 0 saturated heterocycles. The third kappa shape index (κ3) is 4.68. The Balaban J connectivity index is 0.00000150. The van der Waals surface area contributed by atoms with Crippen LogP contribution in [-0.4, -0.2) is 5.11 Å². The largest absolute Gasteiger partial charge is 0.358 e. The van der Waals surface area contributed by atoms with Crippen molar-refractivity contribution in [1.82, 2.24) is 0 Å². The maximum atomic E-state index is 12.4. The maximum absolute atomic E-state index is 12.4. The third-order valence-electron chi connectivity index (χ3n) is 4.87. The number of benzene rings is 4. The fourth-order valence-corrected chi connectivity index (χ4v) is 6.74. The van der Waals surface area contributed by atoms with Crippen molar-refractivity contribution in [3.05, 3.63) is 140 Å². The summed E-state index contributed by atoms with van der Waals surface area (Å²) in [6.07, 6.45) is 0. The van der Waals surface area contributed by atoms with Crippen molar-refractivity contribution >= 4 is 18.5 Å². The summed E-state index contributed by atoms with van der Waals surface area (Å²) in [5.41, 5.74) is 1.86. The Hall–Kier alpha value is -2.24. The average Bonchev–Trinajstić information content (AvgIpc) is 2.76. The van der Waals surface area contributed by atoms with Crippen molar-refractivity contribution in [3.63, 3.8) is 0 Å². The van der Waals surface area contributed by atoms with Gasteiger partial charge >= 0.3 is 0 Å². The topological polar surface area (TPSA) is 20.2 Å². The average molecular weight is 443 g/mol. The monoisotopic (exact) mass is 442 g/mol. The first-order chi connectivity index (χ1) is 13.3. The van der Waals surface area contributed by atoms with E-state index in [1.165, 1.54) is 10.6 Å². The molecule has 1 N–H and O–H groups in total. The summed E-state index contributed by atoms with van der Waals surface area (Å²) >= 11 is 0. The molecular formula is C26H25NiOP. The van der Waals surface area contributed by atoms with Crippen LogP contribution < -0.4 is 10.6 Å². The standard InChI is InChI=1S/C25H21OP.CH3.Ni/c26-25(21-13-5-1-6-14-21,22-15-7-2-8-16-22)27(23-17-9-3-10-18-23)24-19-11-4-12-20-24;;/h1-20,26H;1H3;/q;-1;/p+1. The van der Waals surface area contributed by atoms with Crippen molar-refractivity contribution in [2.75, 3.05) is 0 Å². The molecule has 0 aliphatic carbocycles. The van der Waals surface area contributed by atoms with Gasteiger partial charge in [0.1, 0.15) is 18.5 Å². The summed E-state index contributed by atoms with van der Waals surface area (Å²) < 4.78 is 0. The van der Waals surface area contributed by atoms with Gasteiger partial charge in [0.15, 0.2) is 0 Å². The summed E-state index contributed by atoms with van der Waals surface area (Å²) in [5.74, 6) is 0. The molecule has 29 heavy (non-hydrogen) atoms. The van der Waals surface area contributed by atoms with Gasteiger partial charge in [0, 0.05) is 27.6 Å². The smallest absolute Gasteiger partial charge is 0.233 e. The zero-order chi connectivity index (χ0) is 18.5. The molecular weight excluding hydrogens is 418 g/mol. The van der Waals surface area contributed by atoms with E-state index in [0.717, 1.165) is 11.1 Å². The molecule has 0 aromatic heterocycles. The molecule has 0 bridgehead atoms. The van der Waals surface area contributed by atoms with Gasteiger partial charge in [-0.15, -0.1) is 0 Å². The minimum Gasteiger partial charge on any atom is -0.358 e. The fourth-order valence-electron chi connectivity index (χ4n) is 3.61. The van der Waals surface area contributed by atoms with Crippen molar-refractivity contribution in [2.45, 2.75) is 5.34 Å². The number of hydrogen-bond acceptors (Lipinski definition) is 1. The molecule has 4 rings (SSSR count). The zero-order valence-electron chi connectivity index (χ0n) is 16.3. The second-order valence-electron chi connectivity index (χ2n) is 6.55. The van der Waals surface area contributed by atoms with Crippen LogP contribution in [-0.2, 0) is 21.8 Å². The summed E-state index contributed by atoms with van der Waals surface area (Å²) in [5, 5.41) is 13.6.